The number of ether oxygens (including phenoxy) is 2. The topological polar surface area (TPSA) is 46.1 Å². The summed E-state index contributed by atoms with van der Waals surface area (Å²) >= 11 is 0. The van der Waals surface area contributed by atoms with Gasteiger partial charge in [-0.05, 0) is 42.9 Å². The lowest BCUT2D eigenvalue weighted by Crippen LogP contribution is -2.45. The minimum Gasteiger partial charge on any atom is -0.454 e. The van der Waals surface area contributed by atoms with E-state index in [-0.39, 0.29) is 24.0 Å². The highest BCUT2D eigenvalue weighted by atomic mass is 127. The van der Waals surface area contributed by atoms with E-state index in [9.17, 15) is 0 Å². The van der Waals surface area contributed by atoms with Crippen LogP contribution in [0.4, 0.5) is 0 Å². The minimum atomic E-state index is 0. The van der Waals surface area contributed by atoms with Crippen molar-refractivity contribution in [3.8, 4) is 11.5 Å². The van der Waals surface area contributed by atoms with Gasteiger partial charge in [-0.25, -0.2) is 0 Å². The molecule has 2 heterocycles. The molecule has 0 aromatic heterocycles. The van der Waals surface area contributed by atoms with Crippen molar-refractivity contribution in [1.29, 1.82) is 0 Å². The van der Waals surface area contributed by atoms with Crippen LogP contribution < -0.4 is 14.8 Å². The summed E-state index contributed by atoms with van der Waals surface area (Å²) in [5.41, 5.74) is 1.25. The molecule has 3 rings (SSSR count). The van der Waals surface area contributed by atoms with Gasteiger partial charge in [-0.3, -0.25) is 4.99 Å². The first-order valence-corrected chi connectivity index (χ1v) is 8.10. The Bertz CT molecular complexity index is 543. The van der Waals surface area contributed by atoms with E-state index in [2.05, 4.69) is 34.3 Å². The molecule has 5 nitrogen and oxygen atoms in total. The molecule has 0 aliphatic carbocycles. The SMILES string of the molecule is CN=C(NCCc1ccc2c(c1)OCO2)N1CCC(C)CC1.I. The van der Waals surface area contributed by atoms with Crippen LogP contribution in [0.2, 0.25) is 0 Å². The minimum absolute atomic E-state index is 0. The average Bonchev–Trinajstić information content (AvgIpc) is 3.00. The van der Waals surface area contributed by atoms with Crippen molar-refractivity contribution in [2.45, 2.75) is 26.2 Å². The van der Waals surface area contributed by atoms with Crippen molar-refractivity contribution in [1.82, 2.24) is 10.2 Å². The van der Waals surface area contributed by atoms with Gasteiger partial charge in [0.15, 0.2) is 17.5 Å². The highest BCUT2D eigenvalue weighted by molar-refractivity contribution is 14.0. The number of rotatable bonds is 3. The zero-order chi connectivity index (χ0) is 15.4. The molecular weight excluding hydrogens is 405 g/mol. The second-order valence-corrected chi connectivity index (χ2v) is 6.08. The summed E-state index contributed by atoms with van der Waals surface area (Å²) in [4.78, 5) is 6.77. The van der Waals surface area contributed by atoms with Gasteiger partial charge in [-0.1, -0.05) is 13.0 Å². The number of guanidine groups is 1. The third-order valence-corrected chi connectivity index (χ3v) is 4.43. The van der Waals surface area contributed by atoms with Crippen LogP contribution in [0.5, 0.6) is 11.5 Å². The highest BCUT2D eigenvalue weighted by Gasteiger charge is 2.18. The molecule has 1 N–H and O–H groups in total. The van der Waals surface area contributed by atoms with Crippen molar-refractivity contribution in [3.63, 3.8) is 0 Å². The largest absolute Gasteiger partial charge is 0.454 e. The van der Waals surface area contributed by atoms with Gasteiger partial charge in [0.1, 0.15) is 0 Å². The Morgan fingerprint density at radius 2 is 2.00 bits per heavy atom. The van der Waals surface area contributed by atoms with Crippen molar-refractivity contribution in [2.75, 3.05) is 33.5 Å². The first-order chi connectivity index (χ1) is 10.8. The third-order valence-electron chi connectivity index (χ3n) is 4.43. The standard InChI is InChI=1S/C17H25N3O2.HI/c1-13-6-9-20(10-7-13)17(18-2)19-8-5-14-3-4-15-16(11-14)22-12-21-15;/h3-4,11,13H,5-10,12H2,1-2H3,(H,18,19);1H. The molecular formula is C17H26IN3O2. The smallest absolute Gasteiger partial charge is 0.231 e. The number of aliphatic imine (C=N–C) groups is 1. The maximum Gasteiger partial charge on any atom is 0.231 e. The summed E-state index contributed by atoms with van der Waals surface area (Å²) in [5.74, 6) is 3.55. The quantitative estimate of drug-likeness (QED) is 0.454. The summed E-state index contributed by atoms with van der Waals surface area (Å²) in [6.07, 6.45) is 3.45. The molecule has 0 amide bonds. The van der Waals surface area contributed by atoms with Crippen LogP contribution in [0.15, 0.2) is 23.2 Å². The van der Waals surface area contributed by atoms with Gasteiger partial charge in [-0.2, -0.15) is 0 Å². The zero-order valence-electron chi connectivity index (χ0n) is 13.9. The normalized spacial score (nSPS) is 17.8. The van der Waals surface area contributed by atoms with Gasteiger partial charge in [0, 0.05) is 26.7 Å². The second kappa shape index (κ2) is 8.61. The number of nitrogens with one attached hydrogen (secondary N) is 1. The Kier molecular flexibility index (Phi) is 6.80. The second-order valence-electron chi connectivity index (χ2n) is 6.08. The third kappa shape index (κ3) is 4.65. The number of likely N-dealkylation sites (tertiary alicyclic amines) is 1. The highest BCUT2D eigenvalue weighted by Crippen LogP contribution is 2.32. The molecule has 0 unspecified atom stereocenters. The maximum absolute atomic E-state index is 5.42. The van der Waals surface area contributed by atoms with Crippen LogP contribution in [0, 0.1) is 5.92 Å². The van der Waals surface area contributed by atoms with E-state index in [1.165, 1.54) is 18.4 Å². The Morgan fingerprint density at radius 1 is 1.26 bits per heavy atom. The predicted octanol–water partition coefficient (Wildman–Crippen LogP) is 2.88. The van der Waals surface area contributed by atoms with Crippen molar-refractivity contribution >= 4 is 29.9 Å². The molecule has 0 spiro atoms. The van der Waals surface area contributed by atoms with E-state index in [0.29, 0.717) is 6.79 Å². The number of hydrogen-bond acceptors (Lipinski definition) is 3. The molecule has 1 aromatic rings. The Labute approximate surface area is 155 Å². The van der Waals surface area contributed by atoms with Crippen LogP contribution in [0.3, 0.4) is 0 Å². The molecule has 23 heavy (non-hydrogen) atoms. The van der Waals surface area contributed by atoms with Crippen molar-refractivity contribution in [2.24, 2.45) is 10.9 Å². The Morgan fingerprint density at radius 3 is 2.74 bits per heavy atom. The van der Waals surface area contributed by atoms with Crippen molar-refractivity contribution in [3.05, 3.63) is 23.8 Å². The molecule has 1 aromatic carbocycles. The summed E-state index contributed by atoms with van der Waals surface area (Å²) in [6, 6.07) is 6.15. The van der Waals surface area contributed by atoms with Crippen LogP contribution in [-0.2, 0) is 6.42 Å². The molecule has 0 atom stereocenters. The van der Waals surface area contributed by atoms with E-state index in [1.807, 2.05) is 13.1 Å². The first-order valence-electron chi connectivity index (χ1n) is 8.10. The fraction of sp³-hybridized carbons (Fsp3) is 0.588. The Balaban J connectivity index is 0.00000192. The van der Waals surface area contributed by atoms with Gasteiger partial charge in [0.05, 0.1) is 0 Å². The average molecular weight is 431 g/mol. The van der Waals surface area contributed by atoms with Crippen LogP contribution in [0.25, 0.3) is 0 Å². The van der Waals surface area contributed by atoms with Gasteiger partial charge < -0.3 is 19.7 Å². The van der Waals surface area contributed by atoms with Gasteiger partial charge in [0.2, 0.25) is 6.79 Å². The molecule has 1 fully saturated rings. The van der Waals surface area contributed by atoms with E-state index in [0.717, 1.165) is 49.4 Å². The zero-order valence-corrected chi connectivity index (χ0v) is 16.2. The molecule has 2 aliphatic heterocycles. The number of benzene rings is 1. The van der Waals surface area contributed by atoms with Crippen molar-refractivity contribution < 1.29 is 9.47 Å². The van der Waals surface area contributed by atoms with Gasteiger partial charge in [0.25, 0.3) is 0 Å². The monoisotopic (exact) mass is 431 g/mol. The molecule has 0 radical (unpaired) electrons. The van der Waals surface area contributed by atoms with Gasteiger partial charge in [-0.15, -0.1) is 24.0 Å². The summed E-state index contributed by atoms with van der Waals surface area (Å²) in [6.45, 7) is 5.73. The van der Waals surface area contributed by atoms with Crippen LogP contribution in [-0.4, -0.2) is 44.3 Å². The van der Waals surface area contributed by atoms with Crippen LogP contribution >= 0.6 is 24.0 Å². The predicted molar refractivity (Wildman–Crippen MR) is 103 cm³/mol. The maximum atomic E-state index is 5.42. The number of halogens is 1. The number of piperidine rings is 1. The summed E-state index contributed by atoms with van der Waals surface area (Å²) in [7, 11) is 1.86. The summed E-state index contributed by atoms with van der Waals surface area (Å²) < 4.78 is 10.8. The molecule has 0 bridgehead atoms. The fourth-order valence-electron chi connectivity index (χ4n) is 2.97. The lowest BCUT2D eigenvalue weighted by molar-refractivity contribution is 0.174. The lowest BCUT2D eigenvalue weighted by atomic mass is 9.99. The molecule has 128 valence electrons. The van der Waals surface area contributed by atoms with Gasteiger partial charge >= 0.3 is 0 Å². The summed E-state index contributed by atoms with van der Waals surface area (Å²) in [5, 5.41) is 3.47. The first kappa shape index (κ1) is 18.2. The van der Waals surface area contributed by atoms with Crippen LogP contribution in [0.1, 0.15) is 25.3 Å². The number of fused-ring (bicyclic) bond motifs is 1. The number of nitrogens with zero attached hydrogens (tertiary/aromatic N) is 2. The Hall–Kier alpha value is -1.18. The van der Waals surface area contributed by atoms with E-state index in [4.69, 9.17) is 9.47 Å². The lowest BCUT2D eigenvalue weighted by Gasteiger charge is -2.32. The fourth-order valence-corrected chi connectivity index (χ4v) is 2.97. The van der Waals surface area contributed by atoms with E-state index < -0.39 is 0 Å². The molecule has 0 saturated carbocycles. The molecule has 6 heteroatoms. The molecule has 2 aliphatic rings. The van der Waals surface area contributed by atoms with E-state index >= 15 is 0 Å². The van der Waals surface area contributed by atoms with E-state index in [1.54, 1.807) is 0 Å². The number of hydrogen-bond donors (Lipinski definition) is 1. The molecule has 1 saturated heterocycles.